The lowest BCUT2D eigenvalue weighted by Gasteiger charge is -2.40. The SMILES string of the molecule is CC1(Nc2ncccc2C(F)F)CCC1. The van der Waals surface area contributed by atoms with Crippen LogP contribution >= 0.6 is 0 Å². The lowest BCUT2D eigenvalue weighted by Crippen LogP contribution is -2.42. The van der Waals surface area contributed by atoms with Crippen LogP contribution in [0.1, 0.15) is 38.2 Å². The zero-order valence-corrected chi connectivity index (χ0v) is 8.63. The van der Waals surface area contributed by atoms with Gasteiger partial charge in [-0.1, -0.05) is 0 Å². The van der Waals surface area contributed by atoms with Gasteiger partial charge in [-0.2, -0.15) is 0 Å². The van der Waals surface area contributed by atoms with Crippen molar-refractivity contribution in [1.29, 1.82) is 0 Å². The Morgan fingerprint density at radius 3 is 2.73 bits per heavy atom. The average Bonchev–Trinajstić information content (AvgIpc) is 2.16. The van der Waals surface area contributed by atoms with E-state index in [1.165, 1.54) is 18.3 Å². The van der Waals surface area contributed by atoms with E-state index < -0.39 is 6.43 Å². The summed E-state index contributed by atoms with van der Waals surface area (Å²) < 4.78 is 25.3. The van der Waals surface area contributed by atoms with Gasteiger partial charge in [-0.15, -0.1) is 0 Å². The summed E-state index contributed by atoms with van der Waals surface area (Å²) >= 11 is 0. The van der Waals surface area contributed by atoms with Crippen molar-refractivity contribution in [3.05, 3.63) is 23.9 Å². The lowest BCUT2D eigenvalue weighted by atomic mass is 9.78. The van der Waals surface area contributed by atoms with Crippen molar-refractivity contribution in [3.63, 3.8) is 0 Å². The van der Waals surface area contributed by atoms with Gasteiger partial charge in [0.25, 0.3) is 6.43 Å². The van der Waals surface area contributed by atoms with Gasteiger partial charge in [-0.25, -0.2) is 13.8 Å². The predicted molar refractivity (Wildman–Crippen MR) is 55.1 cm³/mol. The van der Waals surface area contributed by atoms with E-state index in [4.69, 9.17) is 0 Å². The third-order valence-corrected chi connectivity index (χ3v) is 2.95. The van der Waals surface area contributed by atoms with Gasteiger partial charge in [0.1, 0.15) is 5.82 Å². The van der Waals surface area contributed by atoms with Gasteiger partial charge in [-0.05, 0) is 38.3 Å². The van der Waals surface area contributed by atoms with Crippen molar-refractivity contribution >= 4 is 5.82 Å². The van der Waals surface area contributed by atoms with E-state index in [9.17, 15) is 8.78 Å². The summed E-state index contributed by atoms with van der Waals surface area (Å²) in [5.74, 6) is 0.328. The number of alkyl halides is 2. The second-order valence-electron chi connectivity index (χ2n) is 4.28. The molecular weight excluding hydrogens is 198 g/mol. The molecule has 1 N–H and O–H groups in total. The fraction of sp³-hybridized carbons (Fsp3) is 0.545. The van der Waals surface area contributed by atoms with Gasteiger partial charge in [0, 0.05) is 11.7 Å². The highest BCUT2D eigenvalue weighted by molar-refractivity contribution is 5.47. The molecule has 0 spiro atoms. The summed E-state index contributed by atoms with van der Waals surface area (Å²) in [6.45, 7) is 2.04. The summed E-state index contributed by atoms with van der Waals surface area (Å²) in [5.41, 5.74) is -0.0523. The Hall–Kier alpha value is -1.19. The monoisotopic (exact) mass is 212 g/mol. The van der Waals surface area contributed by atoms with Crippen LogP contribution in [0.5, 0.6) is 0 Å². The van der Waals surface area contributed by atoms with Crippen LogP contribution in [0.3, 0.4) is 0 Å². The second-order valence-corrected chi connectivity index (χ2v) is 4.28. The molecule has 0 bridgehead atoms. The van der Waals surface area contributed by atoms with E-state index in [0.29, 0.717) is 5.82 Å². The van der Waals surface area contributed by atoms with Gasteiger partial charge in [0.15, 0.2) is 0 Å². The summed E-state index contributed by atoms with van der Waals surface area (Å²) in [6, 6.07) is 2.96. The number of aromatic nitrogens is 1. The topological polar surface area (TPSA) is 24.9 Å². The first-order chi connectivity index (χ1) is 7.11. The maximum atomic E-state index is 12.6. The minimum atomic E-state index is -2.47. The lowest BCUT2D eigenvalue weighted by molar-refractivity contribution is 0.151. The maximum absolute atomic E-state index is 12.6. The standard InChI is InChI=1S/C11H14F2N2/c1-11(5-3-6-11)15-10-8(9(12)13)4-2-7-14-10/h2,4,7,9H,3,5-6H2,1H3,(H,14,15). The van der Waals surface area contributed by atoms with Crippen LogP contribution in [0.2, 0.25) is 0 Å². The van der Waals surface area contributed by atoms with E-state index in [1.807, 2.05) is 6.92 Å². The Morgan fingerprint density at radius 1 is 1.47 bits per heavy atom. The van der Waals surface area contributed by atoms with Crippen molar-refractivity contribution in [2.45, 2.75) is 38.2 Å². The first-order valence-electron chi connectivity index (χ1n) is 5.12. The van der Waals surface area contributed by atoms with Crippen molar-refractivity contribution in [3.8, 4) is 0 Å². The fourth-order valence-electron chi connectivity index (χ4n) is 1.82. The summed E-state index contributed by atoms with van der Waals surface area (Å²) in [4.78, 5) is 3.98. The van der Waals surface area contributed by atoms with Crippen molar-refractivity contribution in [1.82, 2.24) is 4.98 Å². The Kier molecular flexibility index (Phi) is 2.59. The quantitative estimate of drug-likeness (QED) is 0.830. The number of anilines is 1. The average molecular weight is 212 g/mol. The number of pyridine rings is 1. The molecular formula is C11H14F2N2. The number of halogens is 2. The Balaban J connectivity index is 2.20. The molecule has 82 valence electrons. The Bertz CT molecular complexity index is 348. The molecule has 1 aromatic rings. The number of hydrogen-bond acceptors (Lipinski definition) is 2. The number of nitrogens with one attached hydrogen (secondary N) is 1. The number of nitrogens with zero attached hydrogens (tertiary/aromatic N) is 1. The highest BCUT2D eigenvalue weighted by Crippen LogP contribution is 2.36. The van der Waals surface area contributed by atoms with Crippen LogP contribution in [-0.2, 0) is 0 Å². The minimum Gasteiger partial charge on any atom is -0.365 e. The smallest absolute Gasteiger partial charge is 0.267 e. The molecule has 0 unspecified atom stereocenters. The van der Waals surface area contributed by atoms with Crippen molar-refractivity contribution < 1.29 is 8.78 Å². The van der Waals surface area contributed by atoms with E-state index in [1.54, 1.807) is 0 Å². The third kappa shape index (κ3) is 2.08. The Morgan fingerprint density at radius 2 is 2.20 bits per heavy atom. The predicted octanol–water partition coefficient (Wildman–Crippen LogP) is 3.37. The molecule has 4 heteroatoms. The molecule has 1 fully saturated rings. The first-order valence-corrected chi connectivity index (χ1v) is 5.12. The van der Waals surface area contributed by atoms with Crippen molar-refractivity contribution in [2.24, 2.45) is 0 Å². The van der Waals surface area contributed by atoms with Crippen molar-refractivity contribution in [2.75, 3.05) is 5.32 Å². The molecule has 1 aliphatic rings. The maximum Gasteiger partial charge on any atom is 0.267 e. The van der Waals surface area contributed by atoms with Gasteiger partial charge in [0.05, 0.1) is 5.56 Å². The molecule has 0 aliphatic heterocycles. The molecule has 15 heavy (non-hydrogen) atoms. The van der Waals surface area contributed by atoms with Gasteiger partial charge in [0.2, 0.25) is 0 Å². The Labute approximate surface area is 87.7 Å². The summed E-state index contributed by atoms with van der Waals surface area (Å²) in [5, 5.41) is 3.11. The molecule has 2 rings (SSSR count). The molecule has 0 atom stereocenters. The van der Waals surface area contributed by atoms with E-state index in [0.717, 1.165) is 19.3 Å². The zero-order chi connectivity index (χ0) is 10.9. The molecule has 0 saturated heterocycles. The molecule has 1 aliphatic carbocycles. The van der Waals surface area contributed by atoms with Gasteiger partial charge < -0.3 is 5.32 Å². The second kappa shape index (κ2) is 3.76. The largest absolute Gasteiger partial charge is 0.365 e. The highest BCUT2D eigenvalue weighted by atomic mass is 19.3. The first kappa shape index (κ1) is 10.3. The van der Waals surface area contributed by atoms with Crippen LogP contribution in [0.15, 0.2) is 18.3 Å². The molecule has 0 aromatic carbocycles. The highest BCUT2D eigenvalue weighted by Gasteiger charge is 2.32. The third-order valence-electron chi connectivity index (χ3n) is 2.95. The molecule has 0 radical (unpaired) electrons. The van der Waals surface area contributed by atoms with Crippen LogP contribution in [0.25, 0.3) is 0 Å². The van der Waals surface area contributed by atoms with Gasteiger partial charge in [-0.3, -0.25) is 0 Å². The molecule has 1 heterocycles. The molecule has 1 saturated carbocycles. The molecule has 2 nitrogen and oxygen atoms in total. The van der Waals surface area contributed by atoms with Crippen LogP contribution in [-0.4, -0.2) is 10.5 Å². The molecule has 1 aromatic heterocycles. The fourth-order valence-corrected chi connectivity index (χ4v) is 1.82. The minimum absolute atomic E-state index is 0.00868. The van der Waals surface area contributed by atoms with E-state index >= 15 is 0 Å². The van der Waals surface area contributed by atoms with Crippen LogP contribution in [0.4, 0.5) is 14.6 Å². The number of rotatable bonds is 3. The normalized spacial score (nSPS) is 18.7. The van der Waals surface area contributed by atoms with E-state index in [-0.39, 0.29) is 11.1 Å². The summed E-state index contributed by atoms with van der Waals surface area (Å²) in [6.07, 6.45) is 2.26. The zero-order valence-electron chi connectivity index (χ0n) is 8.63. The number of hydrogen-bond donors (Lipinski definition) is 1. The van der Waals surface area contributed by atoms with E-state index in [2.05, 4.69) is 10.3 Å². The summed E-state index contributed by atoms with van der Waals surface area (Å²) in [7, 11) is 0. The van der Waals surface area contributed by atoms with Crippen LogP contribution in [0, 0.1) is 0 Å². The molecule has 0 amide bonds. The van der Waals surface area contributed by atoms with Gasteiger partial charge >= 0.3 is 0 Å². The van der Waals surface area contributed by atoms with Crippen LogP contribution < -0.4 is 5.32 Å².